The van der Waals surface area contributed by atoms with Crippen molar-refractivity contribution in [3.05, 3.63) is 24.3 Å². The number of nitrogens with one attached hydrogen (secondary N) is 2. The van der Waals surface area contributed by atoms with Crippen LogP contribution in [0.2, 0.25) is 0 Å². The summed E-state index contributed by atoms with van der Waals surface area (Å²) in [6, 6.07) is 7.79. The Kier molecular flexibility index (Phi) is 7.80. The minimum absolute atomic E-state index is 0. The Morgan fingerprint density at radius 3 is 3.10 bits per heavy atom. The van der Waals surface area contributed by atoms with Crippen molar-refractivity contribution in [2.75, 3.05) is 30.0 Å². The van der Waals surface area contributed by atoms with Crippen molar-refractivity contribution >= 4 is 35.8 Å². The van der Waals surface area contributed by atoms with Crippen molar-refractivity contribution < 1.29 is 9.53 Å². The van der Waals surface area contributed by atoms with E-state index in [1.807, 2.05) is 43.0 Å². The maximum absolute atomic E-state index is 11.9. The lowest BCUT2D eigenvalue weighted by molar-refractivity contribution is -0.116. The van der Waals surface area contributed by atoms with E-state index in [1.165, 1.54) is 0 Å². The highest BCUT2D eigenvalue weighted by Crippen LogP contribution is 2.18. The average Bonchev–Trinajstić information content (AvgIpc) is 2.40. The van der Waals surface area contributed by atoms with E-state index in [1.54, 1.807) is 0 Å². The zero-order valence-corrected chi connectivity index (χ0v) is 13.2. The minimum atomic E-state index is 0. The summed E-state index contributed by atoms with van der Waals surface area (Å²) >= 11 is 1.90. The van der Waals surface area contributed by atoms with Crippen LogP contribution in [-0.4, -0.2) is 36.6 Å². The fourth-order valence-electron chi connectivity index (χ4n) is 2.02. The first-order chi connectivity index (χ1) is 9.28. The van der Waals surface area contributed by atoms with Crippen molar-refractivity contribution in [3.63, 3.8) is 0 Å². The molecule has 2 rings (SSSR count). The summed E-state index contributed by atoms with van der Waals surface area (Å²) in [4.78, 5) is 11.9. The molecule has 1 unspecified atom stereocenters. The molecule has 0 radical (unpaired) electrons. The fraction of sp³-hybridized carbons (Fsp3) is 0.500. The molecule has 0 bridgehead atoms. The van der Waals surface area contributed by atoms with Crippen LogP contribution in [0.4, 0.5) is 5.69 Å². The average molecular weight is 317 g/mol. The van der Waals surface area contributed by atoms with Crippen LogP contribution in [-0.2, 0) is 4.79 Å². The first kappa shape index (κ1) is 17.1. The molecule has 1 aliphatic heterocycles. The van der Waals surface area contributed by atoms with Gasteiger partial charge in [-0.25, -0.2) is 0 Å². The van der Waals surface area contributed by atoms with Gasteiger partial charge in [-0.1, -0.05) is 6.07 Å². The molecule has 20 heavy (non-hydrogen) atoms. The van der Waals surface area contributed by atoms with E-state index < -0.39 is 0 Å². The second kappa shape index (κ2) is 9.10. The maximum Gasteiger partial charge on any atom is 0.225 e. The SMILES string of the molecule is CCOc1cccc(NC(=O)CC2CSCCN2)c1.Cl. The molecule has 0 spiro atoms. The molecule has 1 aromatic rings. The largest absolute Gasteiger partial charge is 0.494 e. The van der Waals surface area contributed by atoms with Gasteiger partial charge in [-0.3, -0.25) is 4.79 Å². The van der Waals surface area contributed by atoms with Crippen LogP contribution >= 0.6 is 24.2 Å². The number of halogens is 1. The topological polar surface area (TPSA) is 50.4 Å². The molecule has 1 fully saturated rings. The van der Waals surface area contributed by atoms with Crippen LogP contribution in [0.1, 0.15) is 13.3 Å². The van der Waals surface area contributed by atoms with Crippen LogP contribution in [0.3, 0.4) is 0 Å². The summed E-state index contributed by atoms with van der Waals surface area (Å²) in [6.07, 6.45) is 0.520. The molecule has 112 valence electrons. The summed E-state index contributed by atoms with van der Waals surface area (Å²) in [5.41, 5.74) is 0.791. The van der Waals surface area contributed by atoms with Gasteiger partial charge in [0.15, 0.2) is 0 Å². The molecule has 4 nitrogen and oxygen atoms in total. The summed E-state index contributed by atoms with van der Waals surface area (Å²) in [7, 11) is 0. The lowest BCUT2D eigenvalue weighted by Gasteiger charge is -2.22. The molecule has 1 atom stereocenters. The number of amides is 1. The van der Waals surface area contributed by atoms with E-state index in [9.17, 15) is 4.79 Å². The van der Waals surface area contributed by atoms with E-state index >= 15 is 0 Å². The van der Waals surface area contributed by atoms with Crippen molar-refractivity contribution in [1.29, 1.82) is 0 Å². The Morgan fingerprint density at radius 1 is 1.55 bits per heavy atom. The Balaban J connectivity index is 0.00000200. The Labute approximate surface area is 130 Å². The van der Waals surface area contributed by atoms with Gasteiger partial charge in [0.1, 0.15) is 5.75 Å². The van der Waals surface area contributed by atoms with Gasteiger partial charge in [0.05, 0.1) is 6.61 Å². The van der Waals surface area contributed by atoms with Gasteiger partial charge in [0.2, 0.25) is 5.91 Å². The van der Waals surface area contributed by atoms with Gasteiger partial charge >= 0.3 is 0 Å². The monoisotopic (exact) mass is 316 g/mol. The molecule has 1 heterocycles. The number of carbonyl (C=O) groups is 1. The number of hydrogen-bond donors (Lipinski definition) is 2. The van der Waals surface area contributed by atoms with Crippen LogP contribution in [0.15, 0.2) is 24.3 Å². The molecule has 2 N–H and O–H groups in total. The summed E-state index contributed by atoms with van der Waals surface area (Å²) in [5, 5.41) is 6.28. The molecular formula is C14H21ClN2O2S. The number of rotatable bonds is 5. The predicted molar refractivity (Wildman–Crippen MR) is 87.2 cm³/mol. The molecular weight excluding hydrogens is 296 g/mol. The summed E-state index contributed by atoms with van der Waals surface area (Å²) in [6.45, 7) is 3.56. The lowest BCUT2D eigenvalue weighted by atomic mass is 10.2. The molecule has 0 saturated carbocycles. The number of ether oxygens (including phenoxy) is 1. The number of benzene rings is 1. The highest BCUT2D eigenvalue weighted by molar-refractivity contribution is 7.99. The third-order valence-corrected chi connectivity index (χ3v) is 3.99. The molecule has 0 aromatic heterocycles. The smallest absolute Gasteiger partial charge is 0.225 e. The van der Waals surface area contributed by atoms with Gasteiger partial charge in [-0.05, 0) is 19.1 Å². The number of anilines is 1. The molecule has 1 aromatic carbocycles. The normalized spacial score (nSPS) is 17.9. The van der Waals surface area contributed by atoms with Crippen LogP contribution in [0, 0.1) is 0 Å². The highest BCUT2D eigenvalue weighted by atomic mass is 35.5. The van der Waals surface area contributed by atoms with E-state index in [-0.39, 0.29) is 24.4 Å². The summed E-state index contributed by atoms with van der Waals surface area (Å²) in [5.74, 6) is 2.97. The molecule has 0 aliphatic carbocycles. The first-order valence-electron chi connectivity index (χ1n) is 6.62. The van der Waals surface area contributed by atoms with Crippen molar-refractivity contribution in [1.82, 2.24) is 5.32 Å². The van der Waals surface area contributed by atoms with Gasteiger partial charge in [0.25, 0.3) is 0 Å². The Morgan fingerprint density at radius 2 is 2.40 bits per heavy atom. The molecule has 1 amide bonds. The van der Waals surface area contributed by atoms with Crippen molar-refractivity contribution in [2.45, 2.75) is 19.4 Å². The fourth-order valence-corrected chi connectivity index (χ4v) is 2.97. The molecule has 1 saturated heterocycles. The minimum Gasteiger partial charge on any atom is -0.494 e. The second-order valence-corrected chi connectivity index (χ2v) is 5.59. The lowest BCUT2D eigenvalue weighted by Crippen LogP contribution is -2.39. The van der Waals surface area contributed by atoms with Gasteiger partial charge in [-0.15, -0.1) is 12.4 Å². The molecule has 6 heteroatoms. The number of hydrogen-bond acceptors (Lipinski definition) is 4. The van der Waals surface area contributed by atoms with Gasteiger partial charge in [0, 0.05) is 42.3 Å². The number of carbonyl (C=O) groups excluding carboxylic acids is 1. The first-order valence-corrected chi connectivity index (χ1v) is 7.77. The zero-order chi connectivity index (χ0) is 13.5. The maximum atomic E-state index is 11.9. The molecule has 1 aliphatic rings. The number of thioether (sulfide) groups is 1. The van der Waals surface area contributed by atoms with Gasteiger partial charge in [-0.2, -0.15) is 11.8 Å². The van der Waals surface area contributed by atoms with Gasteiger partial charge < -0.3 is 15.4 Å². The zero-order valence-electron chi connectivity index (χ0n) is 11.6. The van der Waals surface area contributed by atoms with Crippen LogP contribution in [0.5, 0.6) is 5.75 Å². The Bertz CT molecular complexity index is 425. The van der Waals surface area contributed by atoms with E-state index in [2.05, 4.69) is 10.6 Å². The van der Waals surface area contributed by atoms with E-state index in [4.69, 9.17) is 4.74 Å². The van der Waals surface area contributed by atoms with E-state index in [0.29, 0.717) is 13.0 Å². The Hall–Kier alpha value is -0.910. The van der Waals surface area contributed by atoms with Crippen LogP contribution in [0.25, 0.3) is 0 Å². The van der Waals surface area contributed by atoms with Crippen molar-refractivity contribution in [2.24, 2.45) is 0 Å². The van der Waals surface area contributed by atoms with E-state index in [0.717, 1.165) is 29.5 Å². The summed E-state index contributed by atoms with van der Waals surface area (Å²) < 4.78 is 5.41. The van der Waals surface area contributed by atoms with Crippen molar-refractivity contribution in [3.8, 4) is 5.75 Å². The third kappa shape index (κ3) is 5.61. The quantitative estimate of drug-likeness (QED) is 0.876. The highest BCUT2D eigenvalue weighted by Gasteiger charge is 2.16. The standard InChI is InChI=1S/C14H20N2O2S.ClH/c1-2-18-13-5-3-4-11(8-13)16-14(17)9-12-10-19-7-6-15-12;/h3-5,8,12,15H,2,6-7,9-10H2,1H3,(H,16,17);1H. The second-order valence-electron chi connectivity index (χ2n) is 4.44. The predicted octanol–water partition coefficient (Wildman–Crippen LogP) is 2.54. The van der Waals surface area contributed by atoms with Crippen LogP contribution < -0.4 is 15.4 Å². The third-order valence-electron chi connectivity index (χ3n) is 2.86.